The van der Waals surface area contributed by atoms with Crippen molar-refractivity contribution in [2.45, 2.75) is 44.7 Å². The highest BCUT2D eigenvalue weighted by Gasteiger charge is 2.17. The van der Waals surface area contributed by atoms with E-state index in [2.05, 4.69) is 22.5 Å². The molecule has 1 aliphatic rings. The molecular weight excluding hydrogens is 190 g/mol. The summed E-state index contributed by atoms with van der Waals surface area (Å²) < 4.78 is 0. The van der Waals surface area contributed by atoms with E-state index in [1.165, 1.54) is 12.8 Å². The number of nitrogens with zero attached hydrogens (tertiary/aromatic N) is 1. The smallest absolute Gasteiger partial charge is 0.315 e. The van der Waals surface area contributed by atoms with Crippen molar-refractivity contribution in [3.63, 3.8) is 0 Å². The summed E-state index contributed by atoms with van der Waals surface area (Å²) in [6, 6.07) is 0.759. The Morgan fingerprint density at radius 2 is 2.00 bits per heavy atom. The third-order valence-electron chi connectivity index (χ3n) is 3.13. The number of rotatable bonds is 4. The van der Waals surface area contributed by atoms with Gasteiger partial charge in [-0.05, 0) is 33.9 Å². The largest absolute Gasteiger partial charge is 0.337 e. The van der Waals surface area contributed by atoms with Crippen LogP contribution in [-0.2, 0) is 0 Å². The second-order valence-corrected chi connectivity index (χ2v) is 4.65. The molecule has 0 radical (unpaired) electrons. The fourth-order valence-corrected chi connectivity index (χ4v) is 1.73. The zero-order valence-corrected chi connectivity index (χ0v) is 10.0. The first-order valence-corrected chi connectivity index (χ1v) is 5.80. The monoisotopic (exact) mass is 213 g/mol. The summed E-state index contributed by atoms with van der Waals surface area (Å²) >= 11 is 0. The van der Waals surface area contributed by atoms with Crippen molar-refractivity contribution >= 4 is 6.03 Å². The maximum Gasteiger partial charge on any atom is 0.315 e. The van der Waals surface area contributed by atoms with E-state index in [0.717, 1.165) is 12.8 Å². The fraction of sp³-hybridized carbons (Fsp3) is 0.909. The molecule has 2 amide bonds. The van der Waals surface area contributed by atoms with Crippen LogP contribution in [0, 0.1) is 0 Å². The number of amides is 2. The highest BCUT2D eigenvalue weighted by atomic mass is 16.2. The summed E-state index contributed by atoms with van der Waals surface area (Å²) in [5.41, 5.74) is 0. The number of nitrogens with one attached hydrogen (secondary N) is 2. The van der Waals surface area contributed by atoms with E-state index < -0.39 is 0 Å². The molecule has 1 atom stereocenters. The highest BCUT2D eigenvalue weighted by molar-refractivity contribution is 5.74. The van der Waals surface area contributed by atoms with Crippen LogP contribution in [-0.4, -0.2) is 43.7 Å². The molecule has 0 spiro atoms. The van der Waals surface area contributed by atoms with E-state index in [1.54, 1.807) is 0 Å². The summed E-state index contributed by atoms with van der Waals surface area (Å²) in [4.78, 5) is 13.6. The fourth-order valence-electron chi connectivity index (χ4n) is 1.73. The molecular formula is C11H23N3O. The first kappa shape index (κ1) is 12.3. The predicted molar refractivity (Wildman–Crippen MR) is 61.9 cm³/mol. The van der Waals surface area contributed by atoms with Crippen molar-refractivity contribution < 1.29 is 4.79 Å². The zero-order chi connectivity index (χ0) is 11.3. The molecule has 1 rings (SSSR count). The third-order valence-corrected chi connectivity index (χ3v) is 3.13. The Kier molecular flexibility index (Phi) is 4.88. The van der Waals surface area contributed by atoms with Crippen molar-refractivity contribution in [2.75, 3.05) is 20.6 Å². The summed E-state index contributed by atoms with van der Waals surface area (Å²) in [6.45, 7) is 2.79. The van der Waals surface area contributed by atoms with Crippen LogP contribution < -0.4 is 10.6 Å². The topological polar surface area (TPSA) is 44.4 Å². The minimum atomic E-state index is -0.0180. The van der Waals surface area contributed by atoms with Crippen molar-refractivity contribution in [1.82, 2.24) is 15.5 Å². The van der Waals surface area contributed by atoms with E-state index in [4.69, 9.17) is 0 Å². The van der Waals surface area contributed by atoms with Crippen LogP contribution >= 0.6 is 0 Å². The van der Waals surface area contributed by atoms with Gasteiger partial charge >= 0.3 is 6.03 Å². The number of hydrogen-bond donors (Lipinski definition) is 2. The summed E-state index contributed by atoms with van der Waals surface area (Å²) in [6.07, 6.45) is 4.77. The second-order valence-electron chi connectivity index (χ2n) is 4.65. The summed E-state index contributed by atoms with van der Waals surface area (Å²) in [7, 11) is 4.03. The van der Waals surface area contributed by atoms with Crippen molar-refractivity contribution in [3.05, 3.63) is 0 Å². The average molecular weight is 213 g/mol. The Morgan fingerprint density at radius 1 is 1.40 bits per heavy atom. The van der Waals surface area contributed by atoms with Gasteiger partial charge in [-0.25, -0.2) is 4.79 Å². The van der Waals surface area contributed by atoms with Gasteiger partial charge < -0.3 is 15.5 Å². The summed E-state index contributed by atoms with van der Waals surface area (Å²) in [5.74, 6) is 0. The molecule has 4 nitrogen and oxygen atoms in total. The molecule has 88 valence electrons. The van der Waals surface area contributed by atoms with Crippen molar-refractivity contribution in [3.8, 4) is 0 Å². The zero-order valence-electron chi connectivity index (χ0n) is 10.0. The lowest BCUT2D eigenvalue weighted by atomic mass is 10.2. The van der Waals surface area contributed by atoms with E-state index in [1.807, 2.05) is 14.1 Å². The maximum atomic E-state index is 11.5. The summed E-state index contributed by atoms with van der Waals surface area (Å²) in [5, 5.41) is 5.90. The van der Waals surface area contributed by atoms with Crippen LogP contribution in [0.25, 0.3) is 0 Å². The molecule has 4 heteroatoms. The Hall–Kier alpha value is -0.770. The molecule has 0 bridgehead atoms. The van der Waals surface area contributed by atoms with Gasteiger partial charge in [0.1, 0.15) is 0 Å². The first-order chi connectivity index (χ1) is 7.09. The van der Waals surface area contributed by atoms with E-state index in [9.17, 15) is 4.79 Å². The highest BCUT2D eigenvalue weighted by Crippen LogP contribution is 2.17. The predicted octanol–water partition coefficient (Wildman–Crippen LogP) is 1.18. The number of carbonyl (C=O) groups excluding carboxylic acids is 1. The van der Waals surface area contributed by atoms with Crippen LogP contribution in [0.3, 0.4) is 0 Å². The van der Waals surface area contributed by atoms with Gasteiger partial charge in [0.25, 0.3) is 0 Å². The molecule has 1 unspecified atom stereocenters. The normalized spacial score (nSPS) is 19.2. The third kappa shape index (κ3) is 4.51. The second kappa shape index (κ2) is 5.95. The number of carbonyl (C=O) groups is 1. The van der Waals surface area contributed by atoms with Gasteiger partial charge in [0, 0.05) is 18.6 Å². The first-order valence-electron chi connectivity index (χ1n) is 5.80. The lowest BCUT2D eigenvalue weighted by molar-refractivity contribution is 0.231. The van der Waals surface area contributed by atoms with Crippen LogP contribution in [0.5, 0.6) is 0 Å². The molecule has 1 saturated carbocycles. The number of hydrogen-bond acceptors (Lipinski definition) is 2. The van der Waals surface area contributed by atoms with Gasteiger partial charge in [-0.3, -0.25) is 0 Å². The Labute approximate surface area is 92.4 Å². The van der Waals surface area contributed by atoms with Gasteiger partial charge in [0.15, 0.2) is 0 Å². The van der Waals surface area contributed by atoms with Crippen LogP contribution in [0.15, 0.2) is 0 Å². The molecule has 0 aromatic heterocycles. The molecule has 0 aromatic carbocycles. The van der Waals surface area contributed by atoms with Gasteiger partial charge in [0.05, 0.1) is 0 Å². The minimum absolute atomic E-state index is 0.0180. The molecule has 2 N–H and O–H groups in total. The average Bonchev–Trinajstić information content (AvgIpc) is 2.66. The maximum absolute atomic E-state index is 11.5. The molecule has 1 aliphatic carbocycles. The number of urea groups is 1. The Bertz CT molecular complexity index is 200. The molecule has 1 fully saturated rings. The van der Waals surface area contributed by atoms with Crippen LogP contribution in [0.2, 0.25) is 0 Å². The standard InChI is InChI=1S/C11H23N3O/c1-9(14(2)3)8-12-11(15)13-10-6-4-5-7-10/h9-10H,4-8H2,1-3H3,(H2,12,13,15). The molecule has 0 aliphatic heterocycles. The van der Waals surface area contributed by atoms with E-state index in [-0.39, 0.29) is 6.03 Å². The minimum Gasteiger partial charge on any atom is -0.337 e. The molecule has 0 saturated heterocycles. The van der Waals surface area contributed by atoms with Crippen LogP contribution in [0.4, 0.5) is 4.79 Å². The van der Waals surface area contributed by atoms with E-state index in [0.29, 0.717) is 18.6 Å². The van der Waals surface area contributed by atoms with E-state index >= 15 is 0 Å². The van der Waals surface area contributed by atoms with Gasteiger partial charge in [-0.2, -0.15) is 0 Å². The van der Waals surface area contributed by atoms with Crippen molar-refractivity contribution in [2.24, 2.45) is 0 Å². The molecule has 15 heavy (non-hydrogen) atoms. The van der Waals surface area contributed by atoms with Gasteiger partial charge in [-0.1, -0.05) is 12.8 Å². The SMILES string of the molecule is CC(CNC(=O)NC1CCCC1)N(C)C. The molecule has 0 heterocycles. The van der Waals surface area contributed by atoms with Gasteiger partial charge in [-0.15, -0.1) is 0 Å². The Morgan fingerprint density at radius 3 is 2.53 bits per heavy atom. The molecule has 0 aromatic rings. The lowest BCUT2D eigenvalue weighted by Gasteiger charge is -2.21. The number of likely N-dealkylation sites (N-methyl/N-ethyl adjacent to an activating group) is 1. The Balaban J connectivity index is 2.12. The van der Waals surface area contributed by atoms with Crippen LogP contribution in [0.1, 0.15) is 32.6 Å². The lowest BCUT2D eigenvalue weighted by Crippen LogP contribution is -2.45. The van der Waals surface area contributed by atoms with Crippen molar-refractivity contribution in [1.29, 1.82) is 0 Å². The quantitative estimate of drug-likeness (QED) is 0.736. The van der Waals surface area contributed by atoms with Gasteiger partial charge in [0.2, 0.25) is 0 Å².